The third kappa shape index (κ3) is 4.12. The van der Waals surface area contributed by atoms with Crippen LogP contribution in [-0.2, 0) is 11.3 Å². The summed E-state index contributed by atoms with van der Waals surface area (Å²) in [5, 5.41) is 8.90. The van der Waals surface area contributed by atoms with Crippen LogP contribution in [0.3, 0.4) is 0 Å². The number of carboxylic acids is 1. The van der Waals surface area contributed by atoms with Gasteiger partial charge >= 0.3 is 5.97 Å². The first-order valence-electron chi connectivity index (χ1n) is 6.72. The van der Waals surface area contributed by atoms with E-state index in [4.69, 9.17) is 5.11 Å². The number of hydrogen-bond acceptors (Lipinski definition) is 2. The molecule has 0 aliphatic heterocycles. The van der Waals surface area contributed by atoms with E-state index in [1.54, 1.807) is 0 Å². The first-order chi connectivity index (χ1) is 9.65. The van der Waals surface area contributed by atoms with Crippen LogP contribution in [0.5, 0.6) is 0 Å². The van der Waals surface area contributed by atoms with E-state index >= 15 is 0 Å². The van der Waals surface area contributed by atoms with Gasteiger partial charge in [-0.3, -0.25) is 4.79 Å². The molecule has 0 saturated carbocycles. The zero-order valence-corrected chi connectivity index (χ0v) is 11.6. The van der Waals surface area contributed by atoms with Gasteiger partial charge < -0.3 is 10.0 Å². The Morgan fingerprint density at radius 3 is 2.50 bits per heavy atom. The van der Waals surface area contributed by atoms with Crippen molar-refractivity contribution < 1.29 is 9.90 Å². The Hall–Kier alpha value is -2.29. The van der Waals surface area contributed by atoms with Gasteiger partial charge in [-0.2, -0.15) is 0 Å². The van der Waals surface area contributed by atoms with E-state index in [1.165, 1.54) is 11.1 Å². The number of anilines is 1. The van der Waals surface area contributed by atoms with Crippen molar-refractivity contribution in [3.05, 3.63) is 65.7 Å². The first-order valence-corrected chi connectivity index (χ1v) is 6.72. The summed E-state index contributed by atoms with van der Waals surface area (Å²) in [6.07, 6.45) is 0.140. The Balaban J connectivity index is 2.18. The van der Waals surface area contributed by atoms with Crippen LogP contribution in [0.15, 0.2) is 54.6 Å². The van der Waals surface area contributed by atoms with E-state index in [-0.39, 0.29) is 6.42 Å². The Kier molecular flexibility index (Phi) is 4.77. The second-order valence-electron chi connectivity index (χ2n) is 4.89. The van der Waals surface area contributed by atoms with Crippen molar-refractivity contribution in [1.82, 2.24) is 0 Å². The SMILES string of the molecule is Cc1cccc(N(CCC(=O)O)Cc2ccccc2)c1. The molecule has 0 heterocycles. The van der Waals surface area contributed by atoms with Crippen molar-refractivity contribution >= 4 is 11.7 Å². The van der Waals surface area contributed by atoms with Crippen molar-refractivity contribution in [3.8, 4) is 0 Å². The number of benzene rings is 2. The molecule has 20 heavy (non-hydrogen) atoms. The first kappa shape index (κ1) is 14.1. The molecule has 0 bridgehead atoms. The van der Waals surface area contributed by atoms with Crippen LogP contribution < -0.4 is 4.90 Å². The molecular formula is C17H19NO2. The molecule has 104 valence electrons. The second kappa shape index (κ2) is 6.75. The fourth-order valence-electron chi connectivity index (χ4n) is 2.16. The minimum Gasteiger partial charge on any atom is -0.481 e. The quantitative estimate of drug-likeness (QED) is 0.872. The summed E-state index contributed by atoms with van der Waals surface area (Å²) >= 11 is 0. The lowest BCUT2D eigenvalue weighted by Gasteiger charge is -2.24. The van der Waals surface area contributed by atoms with Gasteiger partial charge in [-0.25, -0.2) is 0 Å². The zero-order chi connectivity index (χ0) is 14.4. The molecule has 0 aromatic heterocycles. The van der Waals surface area contributed by atoms with Gasteiger partial charge in [0, 0.05) is 18.8 Å². The van der Waals surface area contributed by atoms with Gasteiger partial charge in [0.05, 0.1) is 6.42 Å². The van der Waals surface area contributed by atoms with E-state index < -0.39 is 5.97 Å². The predicted octanol–water partition coefficient (Wildman–Crippen LogP) is 3.48. The van der Waals surface area contributed by atoms with Crippen LogP contribution in [0.4, 0.5) is 5.69 Å². The fourth-order valence-corrected chi connectivity index (χ4v) is 2.16. The molecular weight excluding hydrogens is 250 g/mol. The van der Waals surface area contributed by atoms with Gasteiger partial charge in [-0.1, -0.05) is 42.5 Å². The topological polar surface area (TPSA) is 40.5 Å². The summed E-state index contributed by atoms with van der Waals surface area (Å²) < 4.78 is 0. The monoisotopic (exact) mass is 269 g/mol. The molecule has 0 amide bonds. The normalized spacial score (nSPS) is 10.2. The summed E-state index contributed by atoms with van der Waals surface area (Å²) in [6, 6.07) is 18.3. The number of nitrogens with zero attached hydrogens (tertiary/aromatic N) is 1. The molecule has 1 N–H and O–H groups in total. The lowest BCUT2D eigenvalue weighted by molar-refractivity contribution is -0.136. The Morgan fingerprint density at radius 2 is 1.85 bits per heavy atom. The second-order valence-corrected chi connectivity index (χ2v) is 4.89. The highest BCUT2D eigenvalue weighted by molar-refractivity contribution is 5.67. The van der Waals surface area contributed by atoms with Crippen LogP contribution in [-0.4, -0.2) is 17.6 Å². The Morgan fingerprint density at radius 1 is 1.10 bits per heavy atom. The third-order valence-corrected chi connectivity index (χ3v) is 3.18. The van der Waals surface area contributed by atoms with Crippen molar-refractivity contribution in [3.63, 3.8) is 0 Å². The predicted molar refractivity (Wildman–Crippen MR) is 80.9 cm³/mol. The standard InChI is InChI=1S/C17H19NO2/c1-14-6-5-9-16(12-14)18(11-10-17(19)20)13-15-7-3-2-4-8-15/h2-9,12H,10-11,13H2,1H3,(H,19,20). The van der Waals surface area contributed by atoms with Gasteiger partial charge in [0.15, 0.2) is 0 Å². The number of hydrogen-bond donors (Lipinski definition) is 1. The fraction of sp³-hybridized carbons (Fsp3) is 0.235. The molecule has 0 aliphatic carbocycles. The summed E-state index contributed by atoms with van der Waals surface area (Å²) in [6.45, 7) is 3.27. The molecule has 0 atom stereocenters. The molecule has 2 aromatic rings. The van der Waals surface area contributed by atoms with E-state index in [0.29, 0.717) is 6.54 Å². The Labute approximate surface area is 119 Å². The number of aliphatic carboxylic acids is 1. The van der Waals surface area contributed by atoms with Gasteiger partial charge in [-0.05, 0) is 30.2 Å². The maximum atomic E-state index is 10.8. The van der Waals surface area contributed by atoms with Crippen molar-refractivity contribution in [2.75, 3.05) is 11.4 Å². The molecule has 0 radical (unpaired) electrons. The van der Waals surface area contributed by atoms with Crippen LogP contribution in [0.1, 0.15) is 17.5 Å². The summed E-state index contributed by atoms with van der Waals surface area (Å²) in [4.78, 5) is 12.9. The van der Waals surface area contributed by atoms with Gasteiger partial charge in [0.25, 0.3) is 0 Å². The average Bonchev–Trinajstić information content (AvgIpc) is 2.44. The van der Waals surface area contributed by atoms with Crippen LogP contribution in [0.25, 0.3) is 0 Å². The van der Waals surface area contributed by atoms with Crippen LogP contribution in [0, 0.1) is 6.92 Å². The van der Waals surface area contributed by atoms with E-state index in [0.717, 1.165) is 12.2 Å². The third-order valence-electron chi connectivity index (χ3n) is 3.18. The van der Waals surface area contributed by atoms with E-state index in [2.05, 4.69) is 23.1 Å². The van der Waals surface area contributed by atoms with Crippen LogP contribution >= 0.6 is 0 Å². The molecule has 3 nitrogen and oxygen atoms in total. The van der Waals surface area contributed by atoms with E-state index in [9.17, 15) is 4.79 Å². The smallest absolute Gasteiger partial charge is 0.305 e. The number of carboxylic acid groups (broad SMARTS) is 1. The highest BCUT2D eigenvalue weighted by Gasteiger charge is 2.09. The average molecular weight is 269 g/mol. The molecule has 0 aliphatic rings. The molecule has 0 saturated heterocycles. The largest absolute Gasteiger partial charge is 0.481 e. The molecule has 0 unspecified atom stereocenters. The maximum absolute atomic E-state index is 10.8. The summed E-state index contributed by atoms with van der Waals surface area (Å²) in [7, 11) is 0. The highest BCUT2D eigenvalue weighted by Crippen LogP contribution is 2.19. The molecule has 0 spiro atoms. The van der Waals surface area contributed by atoms with Gasteiger partial charge in [-0.15, -0.1) is 0 Å². The lowest BCUT2D eigenvalue weighted by Crippen LogP contribution is -2.25. The van der Waals surface area contributed by atoms with Crippen molar-refractivity contribution in [1.29, 1.82) is 0 Å². The van der Waals surface area contributed by atoms with Gasteiger partial charge in [0.1, 0.15) is 0 Å². The minimum absolute atomic E-state index is 0.140. The molecule has 3 heteroatoms. The lowest BCUT2D eigenvalue weighted by atomic mass is 10.1. The zero-order valence-electron chi connectivity index (χ0n) is 11.6. The number of aryl methyl sites for hydroxylation is 1. The maximum Gasteiger partial charge on any atom is 0.305 e. The van der Waals surface area contributed by atoms with Crippen molar-refractivity contribution in [2.24, 2.45) is 0 Å². The summed E-state index contributed by atoms with van der Waals surface area (Å²) in [5.74, 6) is -0.768. The molecule has 0 fully saturated rings. The van der Waals surface area contributed by atoms with Gasteiger partial charge in [0.2, 0.25) is 0 Å². The highest BCUT2D eigenvalue weighted by atomic mass is 16.4. The molecule has 2 aromatic carbocycles. The van der Waals surface area contributed by atoms with E-state index in [1.807, 2.05) is 43.3 Å². The molecule has 2 rings (SSSR count). The number of rotatable bonds is 6. The van der Waals surface area contributed by atoms with Crippen molar-refractivity contribution in [2.45, 2.75) is 19.9 Å². The minimum atomic E-state index is -0.768. The number of carbonyl (C=O) groups is 1. The summed E-state index contributed by atoms with van der Waals surface area (Å²) in [5.41, 5.74) is 3.42. The van der Waals surface area contributed by atoms with Crippen LogP contribution in [0.2, 0.25) is 0 Å². The Bertz CT molecular complexity index is 566.